The summed E-state index contributed by atoms with van der Waals surface area (Å²) < 4.78 is 6.04. The average molecular weight is 339 g/mol. The average Bonchev–Trinajstić information content (AvgIpc) is 2.57. The van der Waals surface area contributed by atoms with E-state index in [1.54, 1.807) is 0 Å². The summed E-state index contributed by atoms with van der Waals surface area (Å²) in [5.74, 6) is 1.02. The number of carbonyl (C=O) groups is 1. The van der Waals surface area contributed by atoms with E-state index in [-0.39, 0.29) is 5.91 Å². The lowest BCUT2D eigenvalue weighted by Crippen LogP contribution is -2.33. The number of carbonyl (C=O) groups excluding carboxylic acids is 1. The van der Waals surface area contributed by atoms with Gasteiger partial charge >= 0.3 is 0 Å². The molecule has 25 heavy (non-hydrogen) atoms. The first-order valence-corrected chi connectivity index (χ1v) is 8.97. The van der Waals surface area contributed by atoms with Crippen LogP contribution in [0.25, 0.3) is 0 Å². The standard InChI is InChI=1S/C22H29NO2/c1-7-19(25-20-13-15(4)11-12-16(20)5)22(24)23-21-17(6)9-8-10-18(21)14(2)3/h8-14,19H,7H2,1-6H3,(H,23,24)/t19-/m1/s1. The number of rotatable bonds is 6. The van der Waals surface area contributed by atoms with Gasteiger partial charge < -0.3 is 10.1 Å². The normalized spacial score (nSPS) is 12.1. The van der Waals surface area contributed by atoms with Crippen molar-refractivity contribution in [3.8, 4) is 5.75 Å². The fraction of sp³-hybridized carbons (Fsp3) is 0.409. The molecule has 0 aromatic heterocycles. The number of para-hydroxylation sites is 1. The Hall–Kier alpha value is -2.29. The Balaban J connectivity index is 2.23. The van der Waals surface area contributed by atoms with Gasteiger partial charge in [0.25, 0.3) is 5.91 Å². The third-order valence-corrected chi connectivity index (χ3v) is 4.45. The van der Waals surface area contributed by atoms with Gasteiger partial charge in [-0.15, -0.1) is 0 Å². The highest BCUT2D eigenvalue weighted by atomic mass is 16.5. The quantitative estimate of drug-likeness (QED) is 0.751. The molecule has 1 atom stereocenters. The summed E-state index contributed by atoms with van der Waals surface area (Å²) >= 11 is 0. The molecule has 3 nitrogen and oxygen atoms in total. The van der Waals surface area contributed by atoms with Crippen LogP contribution in [0.4, 0.5) is 5.69 Å². The molecule has 0 fully saturated rings. The molecule has 0 saturated heterocycles. The number of hydrogen-bond donors (Lipinski definition) is 1. The molecule has 134 valence electrons. The summed E-state index contributed by atoms with van der Waals surface area (Å²) in [4.78, 5) is 12.8. The van der Waals surface area contributed by atoms with Gasteiger partial charge in [0, 0.05) is 5.69 Å². The van der Waals surface area contributed by atoms with Gasteiger partial charge in [-0.2, -0.15) is 0 Å². The van der Waals surface area contributed by atoms with Crippen molar-refractivity contribution >= 4 is 11.6 Å². The van der Waals surface area contributed by atoms with E-state index in [9.17, 15) is 4.79 Å². The maximum absolute atomic E-state index is 12.8. The van der Waals surface area contributed by atoms with E-state index in [4.69, 9.17) is 4.74 Å². The molecule has 0 saturated carbocycles. The summed E-state index contributed by atoms with van der Waals surface area (Å²) in [6.07, 6.45) is 0.0994. The van der Waals surface area contributed by atoms with Gasteiger partial charge in [0.05, 0.1) is 0 Å². The summed E-state index contributed by atoms with van der Waals surface area (Å²) in [5, 5.41) is 3.10. The van der Waals surface area contributed by atoms with Gasteiger partial charge in [0.15, 0.2) is 6.10 Å². The number of hydrogen-bond acceptors (Lipinski definition) is 2. The van der Waals surface area contributed by atoms with Crippen molar-refractivity contribution in [3.63, 3.8) is 0 Å². The maximum atomic E-state index is 12.8. The van der Waals surface area contributed by atoms with Crippen molar-refractivity contribution in [1.29, 1.82) is 0 Å². The SMILES string of the molecule is CC[C@@H](Oc1cc(C)ccc1C)C(=O)Nc1c(C)cccc1C(C)C. The van der Waals surface area contributed by atoms with E-state index in [0.29, 0.717) is 12.3 Å². The number of anilines is 1. The Labute approximate surface area is 151 Å². The highest BCUT2D eigenvalue weighted by Crippen LogP contribution is 2.28. The van der Waals surface area contributed by atoms with E-state index < -0.39 is 6.10 Å². The molecular weight excluding hydrogens is 310 g/mol. The third kappa shape index (κ3) is 4.62. The monoisotopic (exact) mass is 339 g/mol. The van der Waals surface area contributed by atoms with Crippen LogP contribution in [0.1, 0.15) is 55.4 Å². The number of amides is 1. The van der Waals surface area contributed by atoms with Gasteiger partial charge in [0.1, 0.15) is 5.75 Å². The lowest BCUT2D eigenvalue weighted by molar-refractivity contribution is -0.122. The molecule has 2 aromatic rings. The van der Waals surface area contributed by atoms with E-state index >= 15 is 0 Å². The van der Waals surface area contributed by atoms with Crippen LogP contribution in [0.15, 0.2) is 36.4 Å². The Morgan fingerprint density at radius 3 is 2.44 bits per heavy atom. The molecule has 1 N–H and O–H groups in total. The minimum absolute atomic E-state index is 0.0976. The predicted molar refractivity (Wildman–Crippen MR) is 105 cm³/mol. The van der Waals surface area contributed by atoms with Gasteiger partial charge in [-0.1, -0.05) is 51.1 Å². The molecule has 2 rings (SSSR count). The van der Waals surface area contributed by atoms with E-state index in [2.05, 4.69) is 25.2 Å². The number of benzene rings is 2. The van der Waals surface area contributed by atoms with Gasteiger partial charge in [-0.3, -0.25) is 4.79 Å². The van der Waals surface area contributed by atoms with E-state index in [1.807, 2.05) is 58.0 Å². The minimum Gasteiger partial charge on any atom is -0.480 e. The van der Waals surface area contributed by atoms with Crippen LogP contribution in [0.2, 0.25) is 0 Å². The molecule has 0 bridgehead atoms. The zero-order valence-electron chi connectivity index (χ0n) is 16.1. The smallest absolute Gasteiger partial charge is 0.265 e. The van der Waals surface area contributed by atoms with Crippen LogP contribution >= 0.6 is 0 Å². The Kier molecular flexibility index (Phi) is 6.24. The molecule has 1 amide bonds. The first-order valence-electron chi connectivity index (χ1n) is 8.97. The topological polar surface area (TPSA) is 38.3 Å². The van der Waals surface area contributed by atoms with Crippen LogP contribution < -0.4 is 10.1 Å². The molecule has 0 heterocycles. The van der Waals surface area contributed by atoms with Crippen LogP contribution in [0.3, 0.4) is 0 Å². The number of ether oxygens (including phenoxy) is 1. The van der Waals surface area contributed by atoms with Crippen molar-refractivity contribution in [2.45, 2.75) is 60.0 Å². The van der Waals surface area contributed by atoms with Crippen molar-refractivity contribution in [1.82, 2.24) is 0 Å². The molecule has 0 aliphatic rings. The molecule has 0 aliphatic heterocycles. The minimum atomic E-state index is -0.514. The van der Waals surface area contributed by atoms with E-state index in [1.165, 1.54) is 0 Å². The number of nitrogens with one attached hydrogen (secondary N) is 1. The van der Waals surface area contributed by atoms with Crippen LogP contribution in [-0.4, -0.2) is 12.0 Å². The van der Waals surface area contributed by atoms with E-state index in [0.717, 1.165) is 33.7 Å². The van der Waals surface area contributed by atoms with Crippen molar-refractivity contribution in [2.24, 2.45) is 0 Å². The van der Waals surface area contributed by atoms with Crippen molar-refractivity contribution < 1.29 is 9.53 Å². The van der Waals surface area contributed by atoms with Crippen molar-refractivity contribution in [3.05, 3.63) is 58.7 Å². The Morgan fingerprint density at radius 1 is 1.08 bits per heavy atom. The fourth-order valence-corrected chi connectivity index (χ4v) is 2.86. The Morgan fingerprint density at radius 2 is 1.80 bits per heavy atom. The largest absolute Gasteiger partial charge is 0.480 e. The zero-order valence-corrected chi connectivity index (χ0v) is 16.1. The third-order valence-electron chi connectivity index (χ3n) is 4.45. The predicted octanol–water partition coefficient (Wildman–Crippen LogP) is 5.53. The Bertz CT molecular complexity index is 750. The second-order valence-corrected chi connectivity index (χ2v) is 6.97. The van der Waals surface area contributed by atoms with Gasteiger partial charge in [0.2, 0.25) is 0 Å². The maximum Gasteiger partial charge on any atom is 0.265 e. The van der Waals surface area contributed by atoms with Gasteiger partial charge in [-0.05, 0) is 61.4 Å². The van der Waals surface area contributed by atoms with Crippen LogP contribution in [0, 0.1) is 20.8 Å². The lowest BCUT2D eigenvalue weighted by Gasteiger charge is -2.22. The summed E-state index contributed by atoms with van der Waals surface area (Å²) in [5.41, 5.74) is 5.29. The zero-order chi connectivity index (χ0) is 18.6. The van der Waals surface area contributed by atoms with Crippen LogP contribution in [-0.2, 0) is 4.79 Å². The molecule has 0 aliphatic carbocycles. The molecule has 3 heteroatoms. The molecule has 0 spiro atoms. The summed E-state index contributed by atoms with van der Waals surface area (Å²) in [6.45, 7) is 12.3. The second kappa shape index (κ2) is 8.19. The molecule has 0 unspecified atom stereocenters. The second-order valence-electron chi connectivity index (χ2n) is 6.97. The summed E-state index contributed by atoms with van der Waals surface area (Å²) in [7, 11) is 0. The molecule has 2 aromatic carbocycles. The highest BCUT2D eigenvalue weighted by molar-refractivity contribution is 5.95. The molecule has 0 radical (unpaired) electrons. The number of aryl methyl sites for hydroxylation is 3. The first-order chi connectivity index (χ1) is 11.8. The fourth-order valence-electron chi connectivity index (χ4n) is 2.86. The highest BCUT2D eigenvalue weighted by Gasteiger charge is 2.21. The van der Waals surface area contributed by atoms with Crippen molar-refractivity contribution in [2.75, 3.05) is 5.32 Å². The van der Waals surface area contributed by atoms with Gasteiger partial charge in [-0.25, -0.2) is 0 Å². The lowest BCUT2D eigenvalue weighted by atomic mass is 9.98. The molecular formula is C22H29NO2. The first kappa shape index (κ1) is 19.0. The summed E-state index contributed by atoms with van der Waals surface area (Å²) in [6, 6.07) is 12.2. The van der Waals surface area contributed by atoms with Crippen LogP contribution in [0.5, 0.6) is 5.75 Å².